The van der Waals surface area contributed by atoms with Crippen LogP contribution in [0.25, 0.3) is 0 Å². The van der Waals surface area contributed by atoms with E-state index in [1.807, 2.05) is 88.0 Å². The average Bonchev–Trinajstić information content (AvgIpc) is 0.845. The predicted octanol–water partition coefficient (Wildman–Crippen LogP) is 15.8. The molecule has 5 fully saturated rings. The van der Waals surface area contributed by atoms with Crippen molar-refractivity contribution in [2.45, 2.75) is 243 Å². The number of carbonyl (C=O) groups excluding carboxylic acids is 8. The Bertz CT molecular complexity index is 3130. The fourth-order valence-corrected chi connectivity index (χ4v) is 12.6. The SMILES string of the molecule is COC(=O)C1CN(C(=O)OC(C)(C)C)CCC1C.COC(=O)C1CNCCC1C.COC(=O)c1cnccc1C.C[C@H]1CCN(C(=O)OC(C)(C)C)C[C@@H]1C(=O)O.C[C@H]1CCN(C(=O)OC(C)(C)C)C[C@@H]1CCCCCCBr.C[C@H]1CCN(C(=O)OC(C)(C)C)C[C@@H]1N.Cc1ccncc1C(=O)O.O=C(Cl)CCCCBr. The fraction of sp³-hybridized carbons (Fsp3) is 0.753. The van der Waals surface area contributed by atoms with Crippen molar-refractivity contribution in [3.8, 4) is 0 Å². The average molecular weight is 1720 g/mol. The lowest BCUT2D eigenvalue weighted by atomic mass is 9.83. The molecule has 2 aromatic heterocycles. The van der Waals surface area contributed by atoms with Crippen molar-refractivity contribution >= 4 is 103 Å². The van der Waals surface area contributed by atoms with Crippen LogP contribution in [0.2, 0.25) is 0 Å². The Kier molecular flexibility index (Phi) is 50.5. The Hall–Kier alpha value is -6.43. The first-order valence-electron chi connectivity index (χ1n) is 38.8. The van der Waals surface area contributed by atoms with E-state index < -0.39 is 46.4 Å². The molecule has 0 bridgehead atoms. The third kappa shape index (κ3) is 45.9. The van der Waals surface area contributed by atoms with E-state index in [2.05, 4.69) is 77.4 Å². The summed E-state index contributed by atoms with van der Waals surface area (Å²) < 4.78 is 35.3. The maximum atomic E-state index is 12.2. The minimum Gasteiger partial charge on any atom is -0.481 e. The highest BCUT2D eigenvalue weighted by molar-refractivity contribution is 9.09. The zero-order valence-corrected chi connectivity index (χ0v) is 74.6. The molecule has 5 N–H and O–H groups in total. The van der Waals surface area contributed by atoms with Gasteiger partial charge in [0.2, 0.25) is 5.24 Å². The standard InChI is InChI=1S/C17H32BrNO2.C13H23NO4.C12H21NO4.C11H22N2O2.C8H15NO2.C8H9NO2.C7H7NO2.C5H8BrClO/c1-14-10-12-19(16(20)21-17(2,3)4)13-15(14)9-7-5-6-8-11-18;1-9-6-7-14(8-10(9)11(15)17-5)12(16)18-13(2,3)4;1-8-5-6-13(7-9(8)10(14)15)11(16)17-12(2,3)4;1-8-5-6-13(7-9(8)12)10(14)15-11(2,3)4;2*1-6-3-4-9-5-7(6)8(10)11-2;1-5-2-3-8-4-6(5)7(9)10;6-4-2-1-3-5(7)8/h14-15H,5-13H2,1-4H3;9-10H,6-8H2,1-5H3;8-9H,5-7H2,1-4H3,(H,14,15);8-9H,5-7,12H2,1-4H3;6-7,9H,3-5H2,1-2H3;3-5H,1-2H3;2-4H,1H3,(H,9,10);1-4H2/t14-,15-;;2*8-,9-;;;;/m0.00..../s1. The van der Waals surface area contributed by atoms with Gasteiger partial charge in [0.25, 0.3) is 0 Å². The summed E-state index contributed by atoms with van der Waals surface area (Å²) in [5.41, 5.74) is 6.45. The molecule has 0 saturated carbocycles. The number of aromatic carboxylic acids is 1. The minimum absolute atomic E-state index is 0.0637. The number of unbranched alkanes of at least 4 members (excludes halogenated alkanes) is 4. The number of aromatic nitrogens is 2. The molecule has 27 nitrogen and oxygen atoms in total. The van der Waals surface area contributed by atoms with Crippen molar-refractivity contribution in [2.75, 3.05) is 97.4 Å². The number of esters is 3. The van der Waals surface area contributed by atoms with Gasteiger partial charge in [-0.3, -0.25) is 29.1 Å². The third-order valence-electron chi connectivity index (χ3n) is 18.7. The van der Waals surface area contributed by atoms with Crippen LogP contribution in [0.3, 0.4) is 0 Å². The van der Waals surface area contributed by atoms with Gasteiger partial charge in [0.1, 0.15) is 22.4 Å². The number of methoxy groups -OCH3 is 3. The summed E-state index contributed by atoms with van der Waals surface area (Å²) in [6.07, 6.45) is 18.4. The number of hydrogen-bond donors (Lipinski definition) is 4. The van der Waals surface area contributed by atoms with E-state index in [4.69, 9.17) is 51.2 Å². The topological polar surface area (TPSA) is 353 Å². The Morgan fingerprint density at radius 3 is 1.26 bits per heavy atom. The van der Waals surface area contributed by atoms with Gasteiger partial charge in [0, 0.05) is 107 Å². The predicted molar refractivity (Wildman–Crippen MR) is 438 cm³/mol. The number of hydrogen-bond acceptors (Lipinski definition) is 21. The molecule has 5 aliphatic rings. The van der Waals surface area contributed by atoms with Crippen molar-refractivity contribution in [1.82, 2.24) is 34.9 Å². The van der Waals surface area contributed by atoms with Crippen LogP contribution in [0.1, 0.15) is 233 Å². The number of halogens is 3. The molecule has 5 aliphatic heterocycles. The highest BCUT2D eigenvalue weighted by atomic mass is 79.9. The lowest BCUT2D eigenvalue weighted by Crippen LogP contribution is -2.50. The van der Waals surface area contributed by atoms with Gasteiger partial charge in [-0.05, 0) is 232 Å². The Morgan fingerprint density at radius 1 is 0.505 bits per heavy atom. The number of aryl methyl sites for hydroxylation is 2. The van der Waals surface area contributed by atoms with E-state index >= 15 is 0 Å². The Labute approximate surface area is 684 Å². The second-order valence-corrected chi connectivity index (χ2v) is 34.9. The van der Waals surface area contributed by atoms with Crippen molar-refractivity contribution < 1.29 is 91.3 Å². The van der Waals surface area contributed by atoms with Crippen molar-refractivity contribution in [3.05, 3.63) is 59.2 Å². The third-order valence-corrected chi connectivity index (χ3v) is 20.0. The van der Waals surface area contributed by atoms with Crippen LogP contribution in [-0.2, 0) is 52.3 Å². The van der Waals surface area contributed by atoms with Crippen molar-refractivity contribution in [1.29, 1.82) is 0 Å². The Morgan fingerprint density at radius 2 is 0.883 bits per heavy atom. The van der Waals surface area contributed by atoms with Crippen molar-refractivity contribution in [3.63, 3.8) is 0 Å². The number of aliphatic carboxylic acids is 1. The number of nitrogens with one attached hydrogen (secondary N) is 1. The molecule has 7 rings (SSSR count). The molecule has 0 aromatic carbocycles. The number of ether oxygens (including phenoxy) is 7. The van der Waals surface area contributed by atoms with Crippen LogP contribution in [0.4, 0.5) is 19.2 Å². The van der Waals surface area contributed by atoms with E-state index in [9.17, 15) is 47.9 Å². The van der Waals surface area contributed by atoms with Gasteiger partial charge in [0.05, 0.1) is 50.2 Å². The summed E-state index contributed by atoms with van der Waals surface area (Å²) in [6, 6.07) is 3.52. The quantitative estimate of drug-likeness (QED) is 0.0423. The number of rotatable bonds is 15. The number of carbonyl (C=O) groups is 10. The van der Waals surface area contributed by atoms with E-state index in [0.717, 1.165) is 99.0 Å². The monoisotopic (exact) mass is 1720 g/mol. The minimum atomic E-state index is -0.925. The summed E-state index contributed by atoms with van der Waals surface area (Å²) in [4.78, 5) is 127. The molecule has 0 spiro atoms. The summed E-state index contributed by atoms with van der Waals surface area (Å²) in [5.74, 6) is -0.474. The van der Waals surface area contributed by atoms with Gasteiger partial charge in [-0.25, -0.2) is 28.8 Å². The molecule has 7 heterocycles. The molecule has 2 aromatic rings. The first-order valence-corrected chi connectivity index (χ1v) is 41.4. The van der Waals surface area contributed by atoms with Crippen LogP contribution in [0, 0.1) is 67.1 Å². The number of carboxylic acid groups (broad SMARTS) is 2. The number of pyridine rings is 2. The summed E-state index contributed by atoms with van der Waals surface area (Å²) in [6.45, 7) is 43.0. The zero-order valence-electron chi connectivity index (χ0n) is 70.6. The van der Waals surface area contributed by atoms with Crippen molar-refractivity contribution in [2.24, 2.45) is 59.0 Å². The number of likely N-dealkylation sites (tertiary alicyclic amines) is 4. The van der Waals surface area contributed by atoms with E-state index in [1.165, 1.54) is 70.7 Å². The first-order chi connectivity index (χ1) is 51.6. The smallest absolute Gasteiger partial charge is 0.410 e. The molecular weight excluding hydrogens is 1580 g/mol. The highest BCUT2D eigenvalue weighted by Crippen LogP contribution is 2.31. The first kappa shape index (κ1) is 105. The maximum absolute atomic E-state index is 12.2. The second-order valence-electron chi connectivity index (χ2n) is 32.9. The maximum Gasteiger partial charge on any atom is 0.410 e. The number of nitrogens with zero attached hydrogens (tertiary/aromatic N) is 6. The van der Waals surface area contributed by atoms with Gasteiger partial charge in [-0.2, -0.15) is 0 Å². The second kappa shape index (κ2) is 53.6. The molecule has 5 saturated heterocycles. The summed E-state index contributed by atoms with van der Waals surface area (Å²) in [7, 11) is 4.18. The number of piperidine rings is 5. The number of alkyl halides is 2. The highest BCUT2D eigenvalue weighted by Gasteiger charge is 2.38. The molecule has 636 valence electrons. The van der Waals surface area contributed by atoms with Crippen LogP contribution in [-0.4, -0.2) is 225 Å². The van der Waals surface area contributed by atoms with Crippen LogP contribution in [0.5, 0.6) is 0 Å². The number of carboxylic acids is 2. The van der Waals surface area contributed by atoms with E-state index in [0.29, 0.717) is 62.3 Å². The molecular formula is C81H137Br2ClN8O19. The molecule has 111 heavy (non-hydrogen) atoms. The molecule has 0 radical (unpaired) electrons. The van der Waals surface area contributed by atoms with Crippen LogP contribution < -0.4 is 11.1 Å². The van der Waals surface area contributed by atoms with Gasteiger partial charge < -0.3 is 74.0 Å². The van der Waals surface area contributed by atoms with Gasteiger partial charge in [-0.1, -0.05) is 85.7 Å². The molecule has 0 aliphatic carbocycles. The molecule has 10 atom stereocenters. The van der Waals surface area contributed by atoms with E-state index in [1.54, 1.807) is 62.0 Å². The molecule has 30 heteroatoms. The largest absolute Gasteiger partial charge is 0.481 e. The van der Waals surface area contributed by atoms with Gasteiger partial charge >= 0.3 is 54.2 Å². The molecule has 4 amide bonds. The normalized spacial score (nSPS) is 21.6. The fourth-order valence-electron chi connectivity index (χ4n) is 11.7. The van der Waals surface area contributed by atoms with Gasteiger partial charge in [0.15, 0.2) is 0 Å². The summed E-state index contributed by atoms with van der Waals surface area (Å²) in [5, 5.41) is 22.6. The number of nitrogens with two attached hydrogens (primary N) is 1. The lowest BCUT2D eigenvalue weighted by Gasteiger charge is -2.37. The van der Waals surface area contributed by atoms with E-state index in [-0.39, 0.29) is 83.3 Å². The number of amides is 4. The van der Waals surface area contributed by atoms with Crippen LogP contribution >= 0.6 is 43.5 Å². The Balaban J connectivity index is 0.00000127. The molecule has 4 unspecified atom stereocenters. The lowest BCUT2D eigenvalue weighted by molar-refractivity contribution is -0.149. The zero-order chi connectivity index (χ0) is 85.2. The van der Waals surface area contributed by atoms with Gasteiger partial charge in [-0.15, -0.1) is 0 Å². The van der Waals surface area contributed by atoms with Crippen LogP contribution in [0.15, 0.2) is 36.9 Å². The summed E-state index contributed by atoms with van der Waals surface area (Å²) >= 11 is 11.8.